The van der Waals surface area contributed by atoms with E-state index in [1.165, 1.54) is 46.3 Å². The summed E-state index contributed by atoms with van der Waals surface area (Å²) in [6.07, 6.45) is 4.47. The molecular formula is C37H26O2S2. The van der Waals surface area contributed by atoms with E-state index in [0.717, 1.165) is 28.2 Å². The highest BCUT2D eigenvalue weighted by molar-refractivity contribution is 7.36. The van der Waals surface area contributed by atoms with Gasteiger partial charge >= 0.3 is 0 Å². The van der Waals surface area contributed by atoms with Crippen LogP contribution < -0.4 is 9.47 Å². The van der Waals surface area contributed by atoms with E-state index >= 15 is 0 Å². The Balaban J connectivity index is 1.43. The van der Waals surface area contributed by atoms with Crippen molar-refractivity contribution >= 4 is 58.3 Å². The monoisotopic (exact) mass is 566 g/mol. The third-order valence-electron chi connectivity index (χ3n) is 8.09. The first-order valence-corrected chi connectivity index (χ1v) is 15.3. The van der Waals surface area contributed by atoms with Gasteiger partial charge in [-0.1, -0.05) is 96.6 Å². The molecule has 1 aliphatic heterocycles. The van der Waals surface area contributed by atoms with E-state index < -0.39 is 5.60 Å². The van der Waals surface area contributed by atoms with Gasteiger partial charge in [-0.05, 0) is 48.4 Å². The number of hydrogen-bond acceptors (Lipinski definition) is 4. The first kappa shape index (κ1) is 24.4. The van der Waals surface area contributed by atoms with Crippen LogP contribution in [0.25, 0.3) is 46.8 Å². The fourth-order valence-corrected chi connectivity index (χ4v) is 8.76. The third kappa shape index (κ3) is 3.75. The molecule has 5 aromatic carbocycles. The second kappa shape index (κ2) is 9.34. The van der Waals surface area contributed by atoms with E-state index in [0.29, 0.717) is 0 Å². The molecule has 0 aliphatic carbocycles. The summed E-state index contributed by atoms with van der Waals surface area (Å²) in [5.41, 5.74) is 6.18. The van der Waals surface area contributed by atoms with Gasteiger partial charge in [0, 0.05) is 32.2 Å². The molecule has 1 unspecified atom stereocenters. The zero-order valence-corrected chi connectivity index (χ0v) is 24.3. The van der Waals surface area contributed by atoms with Crippen molar-refractivity contribution in [2.75, 3.05) is 7.11 Å². The van der Waals surface area contributed by atoms with Gasteiger partial charge in [0.05, 0.1) is 21.2 Å². The summed E-state index contributed by atoms with van der Waals surface area (Å²) in [5, 5.41) is 2.59. The molecule has 0 fully saturated rings. The lowest BCUT2D eigenvalue weighted by Crippen LogP contribution is -2.34. The van der Waals surface area contributed by atoms with E-state index in [4.69, 9.17) is 9.47 Å². The highest BCUT2D eigenvalue weighted by atomic mass is 32.1. The summed E-state index contributed by atoms with van der Waals surface area (Å²) in [6.45, 7) is 2.12. The number of rotatable bonds is 4. The van der Waals surface area contributed by atoms with Crippen LogP contribution in [0.3, 0.4) is 0 Å². The first-order chi connectivity index (χ1) is 20.1. The highest BCUT2D eigenvalue weighted by Crippen LogP contribution is 2.54. The third-order valence-corrected chi connectivity index (χ3v) is 10.6. The molecule has 0 saturated carbocycles. The molecule has 7 aromatic rings. The Labute approximate surface area is 246 Å². The molecule has 4 heteroatoms. The average Bonchev–Trinajstić information content (AvgIpc) is 3.58. The molecule has 2 nitrogen and oxygen atoms in total. The minimum Gasteiger partial charge on any atom is -0.497 e. The van der Waals surface area contributed by atoms with Crippen molar-refractivity contribution < 1.29 is 9.47 Å². The highest BCUT2D eigenvalue weighted by Gasteiger charge is 2.38. The molecule has 2 aromatic heterocycles. The van der Waals surface area contributed by atoms with Crippen LogP contribution in [0.1, 0.15) is 22.3 Å². The van der Waals surface area contributed by atoms with Gasteiger partial charge in [0.15, 0.2) is 5.60 Å². The maximum Gasteiger partial charge on any atom is 0.178 e. The topological polar surface area (TPSA) is 18.5 Å². The minimum absolute atomic E-state index is 0.770. The number of ether oxygens (including phenoxy) is 2. The van der Waals surface area contributed by atoms with E-state index in [2.05, 4.69) is 116 Å². The maximum absolute atomic E-state index is 7.31. The van der Waals surface area contributed by atoms with Crippen LogP contribution in [-0.2, 0) is 5.60 Å². The van der Waals surface area contributed by atoms with Gasteiger partial charge in [0.2, 0.25) is 0 Å². The molecule has 41 heavy (non-hydrogen) atoms. The normalized spacial score (nSPS) is 16.2. The maximum atomic E-state index is 7.31. The lowest BCUT2D eigenvalue weighted by molar-refractivity contribution is 0.164. The van der Waals surface area contributed by atoms with Crippen molar-refractivity contribution in [1.29, 1.82) is 0 Å². The molecular weight excluding hydrogens is 541 g/mol. The van der Waals surface area contributed by atoms with Gasteiger partial charge in [-0.15, -0.1) is 22.7 Å². The Morgan fingerprint density at radius 2 is 1.41 bits per heavy atom. The Bertz CT molecular complexity index is 2100. The van der Waals surface area contributed by atoms with Crippen LogP contribution in [0.15, 0.2) is 115 Å². The number of benzene rings is 5. The van der Waals surface area contributed by atoms with Crippen molar-refractivity contribution in [1.82, 2.24) is 0 Å². The van der Waals surface area contributed by atoms with E-state index in [1.54, 1.807) is 7.11 Å². The molecule has 0 spiro atoms. The van der Waals surface area contributed by atoms with Gasteiger partial charge in [-0.3, -0.25) is 0 Å². The Kier molecular flexibility index (Phi) is 5.56. The summed E-state index contributed by atoms with van der Waals surface area (Å²) >= 11 is 3.73. The zero-order valence-electron chi connectivity index (χ0n) is 22.7. The second-order valence-electron chi connectivity index (χ2n) is 10.5. The standard InChI is InChI=1S/C37H26O2S2/c1-23-12-14-26(15-13-23)37(27-16-18-28(38-2)19-17-27)21-20-25-22-30(24-8-4-3-5-9-24)32-35(33(25)39-37)41-34-29-10-6-7-11-31(29)40-36(32)34/h3-22H,1-2H3. The molecule has 0 bridgehead atoms. The molecule has 198 valence electrons. The summed E-state index contributed by atoms with van der Waals surface area (Å²) in [7, 11) is 1.70. The Morgan fingerprint density at radius 3 is 2.17 bits per heavy atom. The predicted molar refractivity (Wildman–Crippen MR) is 175 cm³/mol. The van der Waals surface area contributed by atoms with Crippen LogP contribution in [0.5, 0.6) is 11.5 Å². The lowest BCUT2D eigenvalue weighted by atomic mass is 9.83. The molecule has 0 amide bonds. The minimum atomic E-state index is -0.770. The lowest BCUT2D eigenvalue weighted by Gasteiger charge is -2.36. The van der Waals surface area contributed by atoms with Crippen LogP contribution >= 0.6 is 22.7 Å². The number of hydrogen-bond donors (Lipinski definition) is 0. The smallest absolute Gasteiger partial charge is 0.178 e. The molecule has 0 N–H and O–H groups in total. The second-order valence-corrected chi connectivity index (χ2v) is 12.6. The number of methoxy groups -OCH3 is 1. The number of aryl methyl sites for hydroxylation is 1. The number of thiophene rings is 2. The SMILES string of the molecule is COc1ccc(C2(c3ccc(C)cc3)C=Cc3cc(-c4ccccc4)c4c(sc5c6ccccc6sc54)c3O2)cc1. The molecule has 1 aliphatic rings. The summed E-state index contributed by atoms with van der Waals surface area (Å²) in [5.74, 6) is 1.77. The predicted octanol–water partition coefficient (Wildman–Crippen LogP) is 10.6. The van der Waals surface area contributed by atoms with Gasteiger partial charge in [-0.25, -0.2) is 0 Å². The van der Waals surface area contributed by atoms with Crippen molar-refractivity contribution in [2.45, 2.75) is 12.5 Å². The van der Waals surface area contributed by atoms with Gasteiger partial charge < -0.3 is 9.47 Å². The molecule has 0 saturated heterocycles. The van der Waals surface area contributed by atoms with Crippen molar-refractivity contribution in [2.24, 2.45) is 0 Å². The summed E-state index contributed by atoms with van der Waals surface area (Å²) < 4.78 is 18.0. The first-order valence-electron chi connectivity index (χ1n) is 13.7. The fourth-order valence-electron chi connectivity index (χ4n) is 5.97. The van der Waals surface area contributed by atoms with Crippen LogP contribution in [0.4, 0.5) is 0 Å². The van der Waals surface area contributed by atoms with Gasteiger partial charge in [-0.2, -0.15) is 0 Å². The summed E-state index contributed by atoms with van der Waals surface area (Å²) in [4.78, 5) is 0. The van der Waals surface area contributed by atoms with E-state index in [1.807, 2.05) is 34.8 Å². The zero-order chi connectivity index (χ0) is 27.6. The van der Waals surface area contributed by atoms with E-state index in [-0.39, 0.29) is 0 Å². The largest absolute Gasteiger partial charge is 0.497 e. The molecule has 8 rings (SSSR count). The van der Waals surface area contributed by atoms with Crippen molar-refractivity contribution in [3.8, 4) is 22.6 Å². The quantitative estimate of drug-likeness (QED) is 0.211. The van der Waals surface area contributed by atoms with Gasteiger partial charge in [0.25, 0.3) is 0 Å². The summed E-state index contributed by atoms with van der Waals surface area (Å²) in [6, 6.07) is 38.7. The fraction of sp³-hybridized carbons (Fsp3) is 0.0811. The van der Waals surface area contributed by atoms with Crippen molar-refractivity contribution in [3.63, 3.8) is 0 Å². The number of fused-ring (bicyclic) bond motifs is 7. The Hall–Kier alpha value is -4.38. The molecule has 1 atom stereocenters. The molecule has 0 radical (unpaired) electrons. The van der Waals surface area contributed by atoms with Crippen LogP contribution in [0.2, 0.25) is 0 Å². The van der Waals surface area contributed by atoms with E-state index in [9.17, 15) is 0 Å². The average molecular weight is 567 g/mol. The van der Waals surface area contributed by atoms with Crippen molar-refractivity contribution in [3.05, 3.63) is 138 Å². The van der Waals surface area contributed by atoms with Gasteiger partial charge in [0.1, 0.15) is 11.5 Å². The molecule has 3 heterocycles. The van der Waals surface area contributed by atoms with Crippen LogP contribution in [-0.4, -0.2) is 7.11 Å². The van der Waals surface area contributed by atoms with Crippen LogP contribution in [0, 0.1) is 6.92 Å². The Morgan fingerprint density at radius 1 is 0.707 bits per heavy atom.